The third kappa shape index (κ3) is 3.49. The minimum Gasteiger partial charge on any atom is -0.396 e. The molecule has 1 aromatic heterocycles. The van der Waals surface area contributed by atoms with Crippen LogP contribution in [0.3, 0.4) is 0 Å². The molecule has 0 bridgehead atoms. The normalized spacial score (nSPS) is 23.6. The molecule has 0 aromatic carbocycles. The van der Waals surface area contributed by atoms with Crippen LogP contribution in [0.15, 0.2) is 17.6 Å². The SMILES string of the molecule is Cn1ccnc1SCC(=O)N1CC[C@H](CO)[C@@H](O)C1. The fourth-order valence-electron chi connectivity index (χ4n) is 2.13. The standard InChI is InChI=1S/C12H19N3O3S/c1-14-5-3-13-12(14)19-8-11(18)15-4-2-9(7-16)10(17)6-15/h3,5,9-10,16-17H,2,4,6-8H2,1H3/t9-,10+/m1/s1. The number of hydrogen-bond donors (Lipinski definition) is 2. The first-order valence-corrected chi connectivity index (χ1v) is 7.27. The molecule has 1 saturated heterocycles. The van der Waals surface area contributed by atoms with E-state index in [9.17, 15) is 9.90 Å². The molecule has 1 aromatic rings. The number of aromatic nitrogens is 2. The van der Waals surface area contributed by atoms with Gasteiger partial charge in [-0.25, -0.2) is 4.98 Å². The van der Waals surface area contributed by atoms with Gasteiger partial charge in [0.1, 0.15) is 0 Å². The molecule has 1 amide bonds. The summed E-state index contributed by atoms with van der Waals surface area (Å²) in [7, 11) is 1.89. The van der Waals surface area contributed by atoms with E-state index in [-0.39, 0.29) is 18.4 Å². The molecule has 0 spiro atoms. The first-order chi connectivity index (χ1) is 9.11. The van der Waals surface area contributed by atoms with Gasteiger partial charge in [0.2, 0.25) is 5.91 Å². The zero-order valence-corrected chi connectivity index (χ0v) is 11.7. The monoisotopic (exact) mass is 285 g/mol. The van der Waals surface area contributed by atoms with E-state index in [2.05, 4.69) is 4.98 Å². The van der Waals surface area contributed by atoms with Crippen molar-refractivity contribution in [3.63, 3.8) is 0 Å². The van der Waals surface area contributed by atoms with Gasteiger partial charge in [-0.15, -0.1) is 0 Å². The van der Waals surface area contributed by atoms with Gasteiger partial charge >= 0.3 is 0 Å². The first-order valence-electron chi connectivity index (χ1n) is 6.28. The molecule has 0 saturated carbocycles. The molecule has 19 heavy (non-hydrogen) atoms. The van der Waals surface area contributed by atoms with Crippen molar-refractivity contribution >= 4 is 17.7 Å². The van der Waals surface area contributed by atoms with E-state index in [4.69, 9.17) is 5.11 Å². The van der Waals surface area contributed by atoms with Crippen molar-refractivity contribution < 1.29 is 15.0 Å². The summed E-state index contributed by atoms with van der Waals surface area (Å²) < 4.78 is 1.87. The number of aryl methyl sites for hydroxylation is 1. The fraction of sp³-hybridized carbons (Fsp3) is 0.667. The molecule has 2 atom stereocenters. The molecule has 6 nitrogen and oxygen atoms in total. The Morgan fingerprint density at radius 1 is 1.63 bits per heavy atom. The van der Waals surface area contributed by atoms with E-state index in [0.29, 0.717) is 25.3 Å². The first kappa shape index (κ1) is 14.4. The summed E-state index contributed by atoms with van der Waals surface area (Å²) >= 11 is 1.39. The van der Waals surface area contributed by atoms with Gasteiger partial charge in [-0.1, -0.05) is 11.8 Å². The molecule has 2 heterocycles. The highest BCUT2D eigenvalue weighted by molar-refractivity contribution is 7.99. The Hall–Kier alpha value is -1.05. The number of likely N-dealkylation sites (tertiary alicyclic amines) is 1. The van der Waals surface area contributed by atoms with E-state index in [1.54, 1.807) is 11.1 Å². The minimum absolute atomic E-state index is 0.00318. The number of rotatable bonds is 4. The molecule has 1 aliphatic heterocycles. The molecule has 2 rings (SSSR count). The van der Waals surface area contributed by atoms with Crippen molar-refractivity contribution in [1.82, 2.24) is 14.5 Å². The van der Waals surface area contributed by atoms with Crippen LogP contribution < -0.4 is 0 Å². The van der Waals surface area contributed by atoms with Crippen molar-refractivity contribution in [3.05, 3.63) is 12.4 Å². The quantitative estimate of drug-likeness (QED) is 0.744. The van der Waals surface area contributed by atoms with E-state index in [0.717, 1.165) is 5.16 Å². The number of carbonyl (C=O) groups excluding carboxylic acids is 1. The Morgan fingerprint density at radius 3 is 3.00 bits per heavy atom. The topological polar surface area (TPSA) is 78.6 Å². The zero-order valence-electron chi connectivity index (χ0n) is 10.9. The van der Waals surface area contributed by atoms with Crippen molar-refractivity contribution in [3.8, 4) is 0 Å². The van der Waals surface area contributed by atoms with Crippen LogP contribution >= 0.6 is 11.8 Å². The Bertz CT molecular complexity index is 438. The maximum atomic E-state index is 12.0. The molecular formula is C12H19N3O3S. The average molecular weight is 285 g/mol. The number of β-amino-alcohol motifs (C(OH)–C–C–N with tert-alkyl or cyclic N) is 1. The highest BCUT2D eigenvalue weighted by Gasteiger charge is 2.29. The lowest BCUT2D eigenvalue weighted by Crippen LogP contribution is -2.48. The maximum Gasteiger partial charge on any atom is 0.233 e. The number of carbonyl (C=O) groups is 1. The fourth-order valence-corrected chi connectivity index (χ4v) is 2.96. The summed E-state index contributed by atoms with van der Waals surface area (Å²) in [5, 5.41) is 19.7. The third-order valence-electron chi connectivity index (χ3n) is 3.41. The van der Waals surface area contributed by atoms with Crippen molar-refractivity contribution in [2.75, 3.05) is 25.4 Å². The highest BCUT2D eigenvalue weighted by atomic mass is 32.2. The van der Waals surface area contributed by atoms with E-state index >= 15 is 0 Å². The number of hydrogen-bond acceptors (Lipinski definition) is 5. The van der Waals surface area contributed by atoms with Crippen LogP contribution in [0, 0.1) is 5.92 Å². The highest BCUT2D eigenvalue weighted by Crippen LogP contribution is 2.20. The van der Waals surface area contributed by atoms with E-state index < -0.39 is 6.10 Å². The number of piperidine rings is 1. The largest absolute Gasteiger partial charge is 0.396 e. The third-order valence-corrected chi connectivity index (χ3v) is 4.45. The van der Waals surface area contributed by atoms with Crippen LogP contribution in [0.4, 0.5) is 0 Å². The number of nitrogens with zero attached hydrogens (tertiary/aromatic N) is 3. The predicted octanol–water partition coefficient (Wildman–Crippen LogP) is -0.286. The van der Waals surface area contributed by atoms with E-state index in [1.165, 1.54) is 11.8 Å². The minimum atomic E-state index is -0.624. The Morgan fingerprint density at radius 2 is 2.42 bits per heavy atom. The number of amides is 1. The molecule has 0 aliphatic carbocycles. The summed E-state index contributed by atoms with van der Waals surface area (Å²) in [5.41, 5.74) is 0. The molecule has 7 heteroatoms. The summed E-state index contributed by atoms with van der Waals surface area (Å²) in [4.78, 5) is 17.8. The Balaban J connectivity index is 1.82. The average Bonchev–Trinajstić information content (AvgIpc) is 2.81. The molecule has 0 unspecified atom stereocenters. The number of imidazole rings is 1. The smallest absolute Gasteiger partial charge is 0.233 e. The second-order valence-corrected chi connectivity index (χ2v) is 5.69. The van der Waals surface area contributed by atoms with Crippen molar-refractivity contribution in [2.45, 2.75) is 17.7 Å². The van der Waals surface area contributed by atoms with Gasteiger partial charge in [-0.3, -0.25) is 4.79 Å². The van der Waals surface area contributed by atoms with Crippen LogP contribution in [0.2, 0.25) is 0 Å². The maximum absolute atomic E-state index is 12.0. The molecular weight excluding hydrogens is 266 g/mol. The van der Waals surface area contributed by atoms with Crippen LogP contribution in [-0.2, 0) is 11.8 Å². The van der Waals surface area contributed by atoms with Crippen LogP contribution in [0.1, 0.15) is 6.42 Å². The molecule has 106 valence electrons. The van der Waals surface area contributed by atoms with Crippen LogP contribution in [0.25, 0.3) is 0 Å². The van der Waals surface area contributed by atoms with Gasteiger partial charge in [0.15, 0.2) is 5.16 Å². The molecule has 2 N–H and O–H groups in total. The summed E-state index contributed by atoms with van der Waals surface area (Å²) in [5.74, 6) is 0.219. The molecule has 0 radical (unpaired) electrons. The summed E-state index contributed by atoms with van der Waals surface area (Å²) in [6.07, 6.45) is 3.56. The van der Waals surface area contributed by atoms with Crippen molar-refractivity contribution in [2.24, 2.45) is 13.0 Å². The molecule has 1 aliphatic rings. The van der Waals surface area contributed by atoms with Crippen molar-refractivity contribution in [1.29, 1.82) is 0 Å². The zero-order chi connectivity index (χ0) is 13.8. The van der Waals surface area contributed by atoms with Gasteiger partial charge in [0.25, 0.3) is 0 Å². The number of aliphatic hydroxyl groups is 2. The lowest BCUT2D eigenvalue weighted by Gasteiger charge is -2.35. The van der Waals surface area contributed by atoms with Gasteiger partial charge in [0, 0.05) is 45.1 Å². The number of aliphatic hydroxyl groups excluding tert-OH is 2. The lowest BCUT2D eigenvalue weighted by molar-refractivity contribution is -0.133. The second kappa shape index (κ2) is 6.40. The van der Waals surface area contributed by atoms with Gasteiger partial charge in [-0.2, -0.15) is 0 Å². The predicted molar refractivity (Wildman–Crippen MR) is 71.7 cm³/mol. The Kier molecular flexibility index (Phi) is 4.84. The van der Waals surface area contributed by atoms with Crippen LogP contribution in [0.5, 0.6) is 0 Å². The summed E-state index contributed by atoms with van der Waals surface area (Å²) in [6.45, 7) is 0.888. The van der Waals surface area contributed by atoms with Gasteiger partial charge in [0.05, 0.1) is 11.9 Å². The van der Waals surface area contributed by atoms with E-state index in [1.807, 2.05) is 17.8 Å². The Labute approximate surface area is 116 Å². The van der Waals surface area contributed by atoms with Gasteiger partial charge < -0.3 is 19.7 Å². The van der Waals surface area contributed by atoms with Gasteiger partial charge in [-0.05, 0) is 6.42 Å². The molecule has 1 fully saturated rings. The number of thioether (sulfide) groups is 1. The lowest BCUT2D eigenvalue weighted by atomic mass is 9.95. The second-order valence-electron chi connectivity index (χ2n) is 4.75. The summed E-state index contributed by atoms with van der Waals surface area (Å²) in [6, 6.07) is 0. The van der Waals surface area contributed by atoms with Crippen LogP contribution in [-0.4, -0.2) is 62.1 Å².